The molecule has 0 N–H and O–H groups in total. The lowest BCUT2D eigenvalue weighted by Crippen LogP contribution is -2.03. The Bertz CT molecular complexity index is 3560. The lowest BCUT2D eigenvalue weighted by Gasteiger charge is -2.15. The fraction of sp³-hybridized carbons (Fsp3) is 0. The van der Waals surface area contributed by atoms with Gasteiger partial charge >= 0.3 is 0 Å². The fourth-order valence-corrected chi connectivity index (χ4v) is 9.14. The van der Waals surface area contributed by atoms with Crippen molar-refractivity contribution in [2.24, 2.45) is 0 Å². The number of fused-ring (bicyclic) bond motifs is 8. The van der Waals surface area contributed by atoms with E-state index in [2.05, 4.69) is 215 Å². The molecule has 9 aromatic carbocycles. The first-order chi connectivity index (χ1) is 28.8. The average Bonchev–Trinajstić information content (AvgIpc) is 3.81. The van der Waals surface area contributed by atoms with Gasteiger partial charge in [-0.25, -0.2) is 9.97 Å². The molecule has 58 heavy (non-hydrogen) atoms. The lowest BCUT2D eigenvalue weighted by atomic mass is 9.92. The maximum Gasteiger partial charge on any atom is 0.235 e. The summed E-state index contributed by atoms with van der Waals surface area (Å²) >= 11 is 0. The molecular formula is C54H34N4. The summed E-state index contributed by atoms with van der Waals surface area (Å²) in [6, 6.07) is 73.8. The van der Waals surface area contributed by atoms with Gasteiger partial charge in [-0.1, -0.05) is 152 Å². The van der Waals surface area contributed by atoms with Crippen LogP contribution in [0, 0.1) is 0 Å². The molecule has 0 amide bonds. The molecule has 0 aliphatic heterocycles. The molecule has 0 fully saturated rings. The Morgan fingerprint density at radius 2 is 0.862 bits per heavy atom. The van der Waals surface area contributed by atoms with E-state index in [0.29, 0.717) is 5.95 Å². The van der Waals surface area contributed by atoms with Crippen molar-refractivity contribution in [3.05, 3.63) is 206 Å². The molecule has 0 bridgehead atoms. The number of hydrogen-bond donors (Lipinski definition) is 0. The number of benzene rings is 9. The summed E-state index contributed by atoms with van der Waals surface area (Å²) in [4.78, 5) is 10.8. The Labute approximate surface area is 334 Å². The molecule has 0 aliphatic carbocycles. The van der Waals surface area contributed by atoms with Crippen LogP contribution >= 0.6 is 0 Å². The van der Waals surface area contributed by atoms with E-state index in [9.17, 15) is 0 Å². The van der Waals surface area contributed by atoms with Crippen molar-refractivity contribution >= 4 is 65.3 Å². The highest BCUT2D eigenvalue weighted by atomic mass is 15.2. The van der Waals surface area contributed by atoms with Crippen molar-refractivity contribution in [3.8, 4) is 45.1 Å². The number of hydrogen-bond acceptors (Lipinski definition) is 2. The van der Waals surface area contributed by atoms with Crippen molar-refractivity contribution in [1.29, 1.82) is 0 Å². The van der Waals surface area contributed by atoms with Crippen molar-refractivity contribution in [2.75, 3.05) is 0 Å². The first kappa shape index (κ1) is 32.4. The van der Waals surface area contributed by atoms with Crippen LogP contribution in [-0.2, 0) is 0 Å². The van der Waals surface area contributed by atoms with E-state index in [1.54, 1.807) is 0 Å². The van der Waals surface area contributed by atoms with Crippen molar-refractivity contribution in [3.63, 3.8) is 0 Å². The molecule has 4 heteroatoms. The van der Waals surface area contributed by atoms with Gasteiger partial charge in [-0.15, -0.1) is 0 Å². The Morgan fingerprint density at radius 1 is 0.328 bits per heavy atom. The van der Waals surface area contributed by atoms with Gasteiger partial charge in [0, 0.05) is 38.2 Å². The fourth-order valence-electron chi connectivity index (χ4n) is 9.14. The van der Waals surface area contributed by atoms with E-state index in [4.69, 9.17) is 9.97 Å². The van der Waals surface area contributed by atoms with Crippen LogP contribution in [0.5, 0.6) is 0 Å². The third kappa shape index (κ3) is 4.95. The van der Waals surface area contributed by atoms with Gasteiger partial charge < -0.3 is 4.57 Å². The van der Waals surface area contributed by atoms with Crippen molar-refractivity contribution in [2.45, 2.75) is 0 Å². The number of nitrogens with zero attached hydrogens (tertiary/aromatic N) is 4. The predicted octanol–water partition coefficient (Wildman–Crippen LogP) is 14.0. The Balaban J connectivity index is 1.06. The molecule has 0 unspecified atom stereocenters. The van der Waals surface area contributed by atoms with Gasteiger partial charge in [0.15, 0.2) is 0 Å². The molecule has 3 heterocycles. The number of aromatic nitrogens is 4. The quantitative estimate of drug-likeness (QED) is 0.176. The molecule has 0 saturated carbocycles. The Morgan fingerprint density at radius 3 is 1.55 bits per heavy atom. The van der Waals surface area contributed by atoms with Gasteiger partial charge in [0.1, 0.15) is 0 Å². The predicted molar refractivity (Wildman–Crippen MR) is 242 cm³/mol. The molecule has 0 aliphatic rings. The summed E-state index contributed by atoms with van der Waals surface area (Å²) in [7, 11) is 0. The zero-order valence-corrected chi connectivity index (χ0v) is 31.4. The molecular weight excluding hydrogens is 705 g/mol. The highest BCUT2D eigenvalue weighted by Gasteiger charge is 2.20. The summed E-state index contributed by atoms with van der Waals surface area (Å²) in [5.74, 6) is 0.650. The lowest BCUT2D eigenvalue weighted by molar-refractivity contribution is 1.01. The minimum atomic E-state index is 0.650. The smallest absolute Gasteiger partial charge is 0.235 e. The van der Waals surface area contributed by atoms with E-state index >= 15 is 0 Å². The molecule has 270 valence electrons. The Hall–Kier alpha value is -7.82. The van der Waals surface area contributed by atoms with Gasteiger partial charge in [0.05, 0.1) is 33.3 Å². The standard InChI is InChI=1S/C54H34N4/c1-3-15-35(16-4-1)40-24-13-17-36-18-14-25-44(52(36)40)53-43-23-7-10-26-47(43)55-54(56-53)58-49-28-12-9-22-42(49)46-34-38(30-32-51(46)58)37-29-31-50-45(33-37)41-21-8-11-27-48(41)57(50)39-19-5-2-6-20-39/h1-34H. The van der Waals surface area contributed by atoms with E-state index in [-0.39, 0.29) is 0 Å². The largest absolute Gasteiger partial charge is 0.309 e. The maximum absolute atomic E-state index is 5.52. The second-order valence-electron chi connectivity index (χ2n) is 15.0. The Kier molecular flexibility index (Phi) is 7.20. The van der Waals surface area contributed by atoms with Gasteiger partial charge in [0.25, 0.3) is 0 Å². The van der Waals surface area contributed by atoms with Crippen LogP contribution < -0.4 is 0 Å². The average molecular weight is 739 g/mol. The molecule has 12 aromatic rings. The third-order valence-corrected chi connectivity index (χ3v) is 11.7. The normalized spacial score (nSPS) is 11.8. The SMILES string of the molecule is c1ccc(-c2cccc3cccc(-c4nc(-n5c6ccccc6c6cc(-c7ccc8c(c7)c7ccccc7n8-c7ccccc7)ccc65)nc5ccccc45)c23)cc1. The molecule has 12 rings (SSSR count). The molecule has 0 radical (unpaired) electrons. The van der Waals surface area contributed by atoms with Crippen LogP contribution in [0.1, 0.15) is 0 Å². The van der Waals surface area contributed by atoms with Crippen LogP contribution in [-0.4, -0.2) is 19.1 Å². The molecule has 4 nitrogen and oxygen atoms in total. The molecule has 0 atom stereocenters. The van der Waals surface area contributed by atoms with Crippen LogP contribution in [0.15, 0.2) is 206 Å². The maximum atomic E-state index is 5.52. The summed E-state index contributed by atoms with van der Waals surface area (Å²) in [5.41, 5.74) is 13.3. The van der Waals surface area contributed by atoms with Gasteiger partial charge in [-0.2, -0.15) is 0 Å². The molecule has 3 aromatic heterocycles. The molecule has 0 saturated heterocycles. The highest BCUT2D eigenvalue weighted by molar-refractivity contribution is 6.13. The molecule has 0 spiro atoms. The highest BCUT2D eigenvalue weighted by Crippen LogP contribution is 2.41. The zero-order chi connectivity index (χ0) is 38.2. The van der Waals surface area contributed by atoms with Crippen LogP contribution in [0.2, 0.25) is 0 Å². The summed E-state index contributed by atoms with van der Waals surface area (Å²) in [6.07, 6.45) is 0. The van der Waals surface area contributed by atoms with E-state index in [0.717, 1.165) is 55.2 Å². The zero-order valence-electron chi connectivity index (χ0n) is 31.4. The summed E-state index contributed by atoms with van der Waals surface area (Å²) < 4.78 is 4.61. The van der Waals surface area contributed by atoms with E-state index in [1.165, 1.54) is 49.3 Å². The first-order valence-electron chi connectivity index (χ1n) is 19.8. The third-order valence-electron chi connectivity index (χ3n) is 11.7. The van der Waals surface area contributed by atoms with Crippen molar-refractivity contribution < 1.29 is 0 Å². The van der Waals surface area contributed by atoms with Gasteiger partial charge in [-0.05, 0) is 87.6 Å². The topological polar surface area (TPSA) is 35.6 Å². The summed E-state index contributed by atoms with van der Waals surface area (Å²) in [6.45, 7) is 0. The van der Waals surface area contributed by atoms with Gasteiger partial charge in [-0.3, -0.25) is 4.57 Å². The van der Waals surface area contributed by atoms with E-state index < -0.39 is 0 Å². The van der Waals surface area contributed by atoms with Crippen molar-refractivity contribution in [1.82, 2.24) is 19.1 Å². The monoisotopic (exact) mass is 738 g/mol. The van der Waals surface area contributed by atoms with E-state index in [1.807, 2.05) is 0 Å². The number of rotatable bonds is 5. The van der Waals surface area contributed by atoms with Crippen LogP contribution in [0.25, 0.3) is 110 Å². The minimum Gasteiger partial charge on any atom is -0.309 e. The minimum absolute atomic E-state index is 0.650. The summed E-state index contributed by atoms with van der Waals surface area (Å²) in [5, 5.41) is 8.18. The van der Waals surface area contributed by atoms with Crippen LogP contribution in [0.3, 0.4) is 0 Å². The number of para-hydroxylation sites is 4. The second-order valence-corrected chi connectivity index (χ2v) is 15.0. The first-order valence-corrected chi connectivity index (χ1v) is 19.8. The second kappa shape index (κ2) is 12.9. The van der Waals surface area contributed by atoms with Crippen LogP contribution in [0.4, 0.5) is 0 Å². The van der Waals surface area contributed by atoms with Gasteiger partial charge in [0.2, 0.25) is 5.95 Å².